The average molecular weight is 280 g/mol. The predicted molar refractivity (Wildman–Crippen MR) is 85.2 cm³/mol. The van der Waals surface area contributed by atoms with Crippen LogP contribution in [0, 0.1) is 0 Å². The van der Waals surface area contributed by atoms with Crippen LogP contribution in [-0.2, 0) is 6.54 Å². The van der Waals surface area contributed by atoms with Crippen molar-refractivity contribution in [3.8, 4) is 0 Å². The van der Waals surface area contributed by atoms with Crippen LogP contribution in [-0.4, -0.2) is 21.3 Å². The van der Waals surface area contributed by atoms with E-state index in [2.05, 4.69) is 59.7 Å². The largest absolute Gasteiger partial charge is 0.306 e. The molecule has 0 fully saturated rings. The molecule has 1 unspecified atom stereocenters. The third kappa shape index (κ3) is 2.67. The number of aryl methyl sites for hydroxylation is 1. The number of nitrogens with zero attached hydrogens (tertiary/aromatic N) is 3. The lowest BCUT2D eigenvalue weighted by Gasteiger charge is -2.18. The number of fused-ring (bicyclic) bond motifs is 1. The Kier molecular flexibility index (Phi) is 3.97. The number of aromatic nitrogens is 3. The number of nitrogens with one attached hydrogen (secondary N) is 1. The molecule has 0 radical (unpaired) electrons. The first-order valence-corrected chi connectivity index (χ1v) is 7.42. The van der Waals surface area contributed by atoms with Gasteiger partial charge in [-0.2, -0.15) is 5.10 Å². The Balaban J connectivity index is 2.11. The van der Waals surface area contributed by atoms with Gasteiger partial charge in [0.1, 0.15) is 0 Å². The number of hydrogen-bond acceptors (Lipinski definition) is 3. The van der Waals surface area contributed by atoms with Gasteiger partial charge in [-0.3, -0.25) is 9.67 Å². The van der Waals surface area contributed by atoms with E-state index >= 15 is 0 Å². The molecule has 4 heteroatoms. The molecular formula is C17H20N4. The third-order valence-electron chi connectivity index (χ3n) is 3.71. The summed E-state index contributed by atoms with van der Waals surface area (Å²) >= 11 is 0. The normalized spacial score (nSPS) is 12.7. The van der Waals surface area contributed by atoms with Crippen molar-refractivity contribution in [3.05, 3.63) is 60.0 Å². The van der Waals surface area contributed by atoms with Crippen molar-refractivity contribution in [2.45, 2.75) is 26.4 Å². The smallest absolute Gasteiger partial charge is 0.0705 e. The number of hydrogen-bond donors (Lipinski definition) is 1. The molecule has 3 aromatic rings. The SMILES string of the molecule is CCNC(c1cnn(CC)c1)c1ccnc2ccccc12. The zero-order valence-electron chi connectivity index (χ0n) is 12.5. The quantitative estimate of drug-likeness (QED) is 0.780. The molecule has 1 aromatic carbocycles. The molecular weight excluding hydrogens is 260 g/mol. The maximum atomic E-state index is 4.45. The van der Waals surface area contributed by atoms with Crippen molar-refractivity contribution >= 4 is 10.9 Å². The van der Waals surface area contributed by atoms with E-state index < -0.39 is 0 Å². The van der Waals surface area contributed by atoms with Crippen LogP contribution in [0.3, 0.4) is 0 Å². The van der Waals surface area contributed by atoms with Crippen LogP contribution in [0.15, 0.2) is 48.9 Å². The minimum absolute atomic E-state index is 0.142. The van der Waals surface area contributed by atoms with E-state index in [0.29, 0.717) is 0 Å². The molecule has 0 aliphatic rings. The predicted octanol–water partition coefficient (Wildman–Crippen LogP) is 3.15. The molecule has 0 saturated carbocycles. The van der Waals surface area contributed by atoms with Gasteiger partial charge in [-0.25, -0.2) is 0 Å². The fraction of sp³-hybridized carbons (Fsp3) is 0.294. The first-order chi connectivity index (χ1) is 10.3. The Hall–Kier alpha value is -2.20. The molecule has 1 N–H and O–H groups in total. The van der Waals surface area contributed by atoms with Gasteiger partial charge < -0.3 is 5.32 Å². The van der Waals surface area contributed by atoms with Crippen LogP contribution in [0.25, 0.3) is 10.9 Å². The van der Waals surface area contributed by atoms with Crippen LogP contribution < -0.4 is 5.32 Å². The Bertz CT molecular complexity index is 727. The molecule has 0 aliphatic heterocycles. The molecule has 0 saturated heterocycles. The van der Waals surface area contributed by atoms with Crippen LogP contribution >= 0.6 is 0 Å². The highest BCUT2D eigenvalue weighted by molar-refractivity contribution is 5.82. The Labute approximate surface area is 124 Å². The van der Waals surface area contributed by atoms with Gasteiger partial charge in [0, 0.05) is 29.9 Å². The summed E-state index contributed by atoms with van der Waals surface area (Å²) in [5.41, 5.74) is 3.47. The zero-order chi connectivity index (χ0) is 14.7. The van der Waals surface area contributed by atoms with Crippen molar-refractivity contribution in [1.82, 2.24) is 20.1 Å². The monoisotopic (exact) mass is 280 g/mol. The molecule has 0 amide bonds. The van der Waals surface area contributed by atoms with Gasteiger partial charge in [0.15, 0.2) is 0 Å². The lowest BCUT2D eigenvalue weighted by molar-refractivity contribution is 0.628. The van der Waals surface area contributed by atoms with Crippen molar-refractivity contribution in [1.29, 1.82) is 0 Å². The fourth-order valence-corrected chi connectivity index (χ4v) is 2.68. The van der Waals surface area contributed by atoms with Crippen LogP contribution in [0.1, 0.15) is 31.0 Å². The number of pyridine rings is 1. The number of benzene rings is 1. The maximum Gasteiger partial charge on any atom is 0.0705 e. The van der Waals surface area contributed by atoms with Gasteiger partial charge in [-0.1, -0.05) is 25.1 Å². The minimum Gasteiger partial charge on any atom is -0.306 e. The van der Waals surface area contributed by atoms with E-state index in [4.69, 9.17) is 0 Å². The minimum atomic E-state index is 0.142. The lowest BCUT2D eigenvalue weighted by Crippen LogP contribution is -2.22. The third-order valence-corrected chi connectivity index (χ3v) is 3.71. The first-order valence-electron chi connectivity index (χ1n) is 7.42. The summed E-state index contributed by atoms with van der Waals surface area (Å²) in [5.74, 6) is 0. The Morgan fingerprint density at radius 3 is 2.81 bits per heavy atom. The Morgan fingerprint density at radius 1 is 1.19 bits per heavy atom. The van der Waals surface area contributed by atoms with Crippen LogP contribution in [0.2, 0.25) is 0 Å². The fourth-order valence-electron chi connectivity index (χ4n) is 2.68. The second-order valence-corrected chi connectivity index (χ2v) is 5.04. The van der Waals surface area contributed by atoms with Gasteiger partial charge in [0.25, 0.3) is 0 Å². The van der Waals surface area contributed by atoms with Crippen molar-refractivity contribution < 1.29 is 0 Å². The molecule has 0 spiro atoms. The van der Waals surface area contributed by atoms with Crippen molar-refractivity contribution in [2.24, 2.45) is 0 Å². The summed E-state index contributed by atoms with van der Waals surface area (Å²) in [5, 5.41) is 9.16. The molecule has 0 aliphatic carbocycles. The Morgan fingerprint density at radius 2 is 2.05 bits per heavy atom. The molecule has 3 rings (SSSR count). The number of rotatable bonds is 5. The molecule has 108 valence electrons. The summed E-state index contributed by atoms with van der Waals surface area (Å²) in [6.07, 6.45) is 5.95. The van der Waals surface area contributed by atoms with E-state index in [-0.39, 0.29) is 6.04 Å². The van der Waals surface area contributed by atoms with E-state index in [9.17, 15) is 0 Å². The highest BCUT2D eigenvalue weighted by Gasteiger charge is 2.17. The van der Waals surface area contributed by atoms with Crippen molar-refractivity contribution in [2.75, 3.05) is 6.54 Å². The maximum absolute atomic E-state index is 4.45. The molecule has 0 bridgehead atoms. The van der Waals surface area contributed by atoms with Gasteiger partial charge in [0.05, 0.1) is 17.8 Å². The molecule has 21 heavy (non-hydrogen) atoms. The first kappa shape index (κ1) is 13.8. The molecule has 4 nitrogen and oxygen atoms in total. The van der Waals surface area contributed by atoms with Crippen LogP contribution in [0.5, 0.6) is 0 Å². The summed E-state index contributed by atoms with van der Waals surface area (Å²) < 4.78 is 1.96. The highest BCUT2D eigenvalue weighted by Crippen LogP contribution is 2.27. The van der Waals surface area contributed by atoms with Gasteiger partial charge >= 0.3 is 0 Å². The summed E-state index contributed by atoms with van der Waals surface area (Å²) in [4.78, 5) is 4.45. The zero-order valence-corrected chi connectivity index (χ0v) is 12.5. The summed E-state index contributed by atoms with van der Waals surface area (Å²) in [6.45, 7) is 6.01. The number of para-hydroxylation sites is 1. The second-order valence-electron chi connectivity index (χ2n) is 5.04. The van der Waals surface area contributed by atoms with Crippen molar-refractivity contribution in [3.63, 3.8) is 0 Å². The van der Waals surface area contributed by atoms with E-state index in [1.807, 2.05) is 23.1 Å². The second kappa shape index (κ2) is 6.06. The lowest BCUT2D eigenvalue weighted by atomic mass is 9.98. The summed E-state index contributed by atoms with van der Waals surface area (Å²) in [6, 6.07) is 10.5. The van der Waals surface area contributed by atoms with E-state index in [1.165, 1.54) is 16.5 Å². The van der Waals surface area contributed by atoms with E-state index in [1.54, 1.807) is 0 Å². The molecule has 1 atom stereocenters. The average Bonchev–Trinajstić information content (AvgIpc) is 3.01. The standard InChI is InChI=1S/C17H20N4/c1-3-18-17(13-11-20-21(4-2)12-13)15-9-10-19-16-8-6-5-7-14(15)16/h5-12,17-18H,3-4H2,1-2H3. The van der Waals surface area contributed by atoms with Gasteiger partial charge in [0.2, 0.25) is 0 Å². The summed E-state index contributed by atoms with van der Waals surface area (Å²) in [7, 11) is 0. The molecule has 2 aromatic heterocycles. The molecule has 2 heterocycles. The van der Waals surface area contributed by atoms with Gasteiger partial charge in [-0.15, -0.1) is 0 Å². The highest BCUT2D eigenvalue weighted by atomic mass is 15.3. The van der Waals surface area contributed by atoms with E-state index in [0.717, 1.165) is 18.6 Å². The topological polar surface area (TPSA) is 42.7 Å². The van der Waals surface area contributed by atoms with Crippen LogP contribution in [0.4, 0.5) is 0 Å². The van der Waals surface area contributed by atoms with Gasteiger partial charge in [-0.05, 0) is 31.2 Å².